The van der Waals surface area contributed by atoms with Crippen molar-refractivity contribution in [3.63, 3.8) is 0 Å². The number of hydrogen-bond donors (Lipinski definition) is 1. The quantitative estimate of drug-likeness (QED) is 0.412. The van der Waals surface area contributed by atoms with Crippen LogP contribution in [-0.2, 0) is 0 Å². The molecule has 0 fully saturated rings. The maximum absolute atomic E-state index is 5.51. The Balaban J connectivity index is 3.94. The van der Waals surface area contributed by atoms with Gasteiger partial charge in [-0.2, -0.15) is 0 Å². The number of nitrogens with zero attached hydrogens (tertiary/aromatic N) is 1. The van der Waals surface area contributed by atoms with E-state index in [2.05, 4.69) is 31.0 Å². The van der Waals surface area contributed by atoms with Crippen molar-refractivity contribution in [3.05, 3.63) is 0 Å². The van der Waals surface area contributed by atoms with Crippen LogP contribution < -0.4 is 5.32 Å². The van der Waals surface area contributed by atoms with Gasteiger partial charge in [0.15, 0.2) is 5.11 Å². The van der Waals surface area contributed by atoms with Crippen LogP contribution in [0.4, 0.5) is 0 Å². The van der Waals surface area contributed by atoms with Crippen LogP contribution in [0.1, 0.15) is 78.6 Å². The Morgan fingerprint density at radius 2 is 1.32 bits per heavy atom. The molecule has 3 heteroatoms. The molecule has 0 spiro atoms. The first-order valence-electron chi connectivity index (χ1n) is 8.29. The van der Waals surface area contributed by atoms with Crippen LogP contribution in [0, 0.1) is 0 Å². The van der Waals surface area contributed by atoms with Gasteiger partial charge in [-0.05, 0) is 31.5 Å². The van der Waals surface area contributed by atoms with Crippen molar-refractivity contribution in [2.45, 2.75) is 78.6 Å². The molecule has 0 amide bonds. The molecule has 0 heterocycles. The highest BCUT2D eigenvalue weighted by Crippen LogP contribution is 2.06. The van der Waals surface area contributed by atoms with Gasteiger partial charge in [0.05, 0.1) is 0 Å². The van der Waals surface area contributed by atoms with E-state index in [0.717, 1.165) is 31.2 Å². The van der Waals surface area contributed by atoms with E-state index in [9.17, 15) is 0 Å². The van der Waals surface area contributed by atoms with Crippen molar-refractivity contribution in [2.75, 3.05) is 19.6 Å². The fraction of sp³-hybridized carbons (Fsp3) is 0.938. The lowest BCUT2D eigenvalue weighted by atomic mass is 10.2. The van der Waals surface area contributed by atoms with E-state index in [1.165, 1.54) is 51.4 Å². The summed E-state index contributed by atoms with van der Waals surface area (Å²) in [6, 6.07) is 0. The van der Waals surface area contributed by atoms with E-state index in [4.69, 9.17) is 12.2 Å². The maximum atomic E-state index is 5.51. The van der Waals surface area contributed by atoms with Crippen molar-refractivity contribution in [1.29, 1.82) is 0 Å². The summed E-state index contributed by atoms with van der Waals surface area (Å²) in [7, 11) is 0. The van der Waals surface area contributed by atoms with Crippen LogP contribution in [0.3, 0.4) is 0 Å². The highest BCUT2D eigenvalue weighted by molar-refractivity contribution is 7.80. The van der Waals surface area contributed by atoms with Crippen LogP contribution in [-0.4, -0.2) is 29.6 Å². The van der Waals surface area contributed by atoms with Gasteiger partial charge in [-0.1, -0.05) is 59.3 Å². The minimum Gasteiger partial charge on any atom is -0.363 e. The number of hydrogen-bond acceptors (Lipinski definition) is 1. The molecule has 0 aromatic carbocycles. The normalized spacial score (nSPS) is 10.5. The Morgan fingerprint density at radius 1 is 0.789 bits per heavy atom. The number of unbranched alkanes of at least 4 members (excludes halogenated alkanes) is 6. The van der Waals surface area contributed by atoms with E-state index in [1.807, 2.05) is 0 Å². The average molecular weight is 287 g/mol. The SMILES string of the molecule is CCCCCCN(CCCCCC)C(=S)NCCC. The van der Waals surface area contributed by atoms with Crippen LogP contribution in [0.5, 0.6) is 0 Å². The molecule has 0 saturated carbocycles. The van der Waals surface area contributed by atoms with Crippen LogP contribution in [0.15, 0.2) is 0 Å². The molecule has 19 heavy (non-hydrogen) atoms. The average Bonchev–Trinajstić information content (AvgIpc) is 2.43. The Bertz CT molecular complexity index is 195. The predicted molar refractivity (Wildman–Crippen MR) is 90.7 cm³/mol. The molecule has 0 aliphatic heterocycles. The summed E-state index contributed by atoms with van der Waals surface area (Å²) in [5, 5.41) is 4.34. The molecule has 0 radical (unpaired) electrons. The molecule has 0 aromatic rings. The van der Waals surface area contributed by atoms with E-state index in [0.29, 0.717) is 0 Å². The number of rotatable bonds is 12. The Kier molecular flexibility index (Phi) is 13.9. The molecule has 0 aliphatic rings. The monoisotopic (exact) mass is 286 g/mol. The first-order valence-corrected chi connectivity index (χ1v) is 8.69. The van der Waals surface area contributed by atoms with Crippen LogP contribution >= 0.6 is 12.2 Å². The number of thiocarbonyl (C=S) groups is 1. The third-order valence-electron chi connectivity index (χ3n) is 3.38. The second kappa shape index (κ2) is 14.1. The lowest BCUT2D eigenvalue weighted by Crippen LogP contribution is -2.41. The standard InChI is InChI=1S/C16H34N2S/c1-4-7-9-11-14-18(15-12-10-8-5-2)16(19)17-13-6-3/h4-15H2,1-3H3,(H,17,19). The molecule has 1 N–H and O–H groups in total. The smallest absolute Gasteiger partial charge is 0.168 e. The van der Waals surface area contributed by atoms with Gasteiger partial charge >= 0.3 is 0 Å². The summed E-state index contributed by atoms with van der Waals surface area (Å²) in [4.78, 5) is 2.39. The lowest BCUT2D eigenvalue weighted by Gasteiger charge is -2.26. The largest absolute Gasteiger partial charge is 0.363 e. The van der Waals surface area contributed by atoms with Crippen molar-refractivity contribution in [3.8, 4) is 0 Å². The topological polar surface area (TPSA) is 15.3 Å². The van der Waals surface area contributed by atoms with Gasteiger partial charge in [-0.15, -0.1) is 0 Å². The third kappa shape index (κ3) is 11.2. The maximum Gasteiger partial charge on any atom is 0.168 e. The van der Waals surface area contributed by atoms with Crippen molar-refractivity contribution < 1.29 is 0 Å². The van der Waals surface area contributed by atoms with E-state index in [1.54, 1.807) is 0 Å². The summed E-state index contributed by atoms with van der Waals surface area (Å²) in [5.74, 6) is 0. The highest BCUT2D eigenvalue weighted by Gasteiger charge is 2.08. The highest BCUT2D eigenvalue weighted by atomic mass is 32.1. The van der Waals surface area contributed by atoms with Gasteiger partial charge in [0.2, 0.25) is 0 Å². The molecule has 0 atom stereocenters. The van der Waals surface area contributed by atoms with Crippen molar-refractivity contribution >= 4 is 17.3 Å². The molecule has 2 nitrogen and oxygen atoms in total. The predicted octanol–water partition coefficient (Wildman–Crippen LogP) is 4.73. The molecule has 0 unspecified atom stereocenters. The van der Waals surface area contributed by atoms with E-state index in [-0.39, 0.29) is 0 Å². The van der Waals surface area contributed by atoms with Gasteiger partial charge in [-0.3, -0.25) is 0 Å². The third-order valence-corrected chi connectivity index (χ3v) is 3.78. The zero-order valence-corrected chi connectivity index (χ0v) is 14.2. The Morgan fingerprint density at radius 3 is 1.74 bits per heavy atom. The molecule has 0 aromatic heterocycles. The molecule has 0 aliphatic carbocycles. The summed E-state index contributed by atoms with van der Waals surface area (Å²) in [5.41, 5.74) is 0. The second-order valence-corrected chi connectivity index (χ2v) is 5.73. The van der Waals surface area contributed by atoms with Gasteiger partial charge in [0.25, 0.3) is 0 Å². The minimum atomic E-state index is 0.967. The molecule has 0 bridgehead atoms. The van der Waals surface area contributed by atoms with E-state index >= 15 is 0 Å². The van der Waals surface area contributed by atoms with Gasteiger partial charge in [0, 0.05) is 19.6 Å². The summed E-state index contributed by atoms with van der Waals surface area (Å²) < 4.78 is 0. The summed E-state index contributed by atoms with van der Waals surface area (Å²) in [6.07, 6.45) is 11.6. The number of nitrogens with one attached hydrogen (secondary N) is 1. The van der Waals surface area contributed by atoms with Crippen LogP contribution in [0.2, 0.25) is 0 Å². The first kappa shape index (κ1) is 18.7. The van der Waals surface area contributed by atoms with Gasteiger partial charge in [-0.25, -0.2) is 0 Å². The van der Waals surface area contributed by atoms with Gasteiger partial charge < -0.3 is 10.2 Å². The zero-order chi connectivity index (χ0) is 14.3. The van der Waals surface area contributed by atoms with Crippen molar-refractivity contribution in [2.24, 2.45) is 0 Å². The summed E-state index contributed by atoms with van der Waals surface area (Å²) in [6.45, 7) is 9.96. The fourth-order valence-corrected chi connectivity index (χ4v) is 2.40. The second-order valence-electron chi connectivity index (χ2n) is 5.34. The van der Waals surface area contributed by atoms with Crippen LogP contribution in [0.25, 0.3) is 0 Å². The Labute approximate surface area is 126 Å². The first-order chi connectivity index (χ1) is 9.26. The zero-order valence-electron chi connectivity index (χ0n) is 13.3. The molecule has 0 saturated heterocycles. The molecular formula is C16H34N2S. The lowest BCUT2D eigenvalue weighted by molar-refractivity contribution is 0.381. The van der Waals surface area contributed by atoms with Gasteiger partial charge in [0.1, 0.15) is 0 Å². The molecule has 0 rings (SSSR count). The van der Waals surface area contributed by atoms with E-state index < -0.39 is 0 Å². The Hall–Kier alpha value is -0.310. The minimum absolute atomic E-state index is 0.967. The molecule has 114 valence electrons. The fourth-order valence-electron chi connectivity index (χ4n) is 2.12. The summed E-state index contributed by atoms with van der Waals surface area (Å²) >= 11 is 5.51. The molecular weight excluding hydrogens is 252 g/mol. The van der Waals surface area contributed by atoms with Crippen molar-refractivity contribution in [1.82, 2.24) is 10.2 Å².